The first kappa shape index (κ1) is 16.7. The van der Waals surface area contributed by atoms with Crippen LogP contribution in [0.1, 0.15) is 11.4 Å². The zero-order valence-electron chi connectivity index (χ0n) is 14.4. The number of amides is 1. The van der Waals surface area contributed by atoms with Crippen LogP contribution in [0, 0.1) is 13.8 Å². The molecule has 3 heterocycles. The molecule has 8 nitrogen and oxygen atoms in total. The molecule has 130 valence electrons. The molecule has 0 bridgehead atoms. The number of aromatic nitrogens is 4. The van der Waals surface area contributed by atoms with Gasteiger partial charge in [0.15, 0.2) is 0 Å². The fourth-order valence-corrected chi connectivity index (χ4v) is 2.99. The van der Waals surface area contributed by atoms with E-state index < -0.39 is 0 Å². The Hall–Kier alpha value is -2.19. The molecule has 1 fully saturated rings. The molecule has 0 saturated carbocycles. The summed E-state index contributed by atoms with van der Waals surface area (Å²) in [6.45, 7) is 7.01. The lowest BCUT2D eigenvalue weighted by atomic mass is 10.2. The van der Waals surface area contributed by atoms with E-state index in [1.54, 1.807) is 10.9 Å². The molecule has 1 amide bonds. The maximum atomic E-state index is 12.4. The molecule has 0 aliphatic carbocycles. The van der Waals surface area contributed by atoms with Crippen molar-refractivity contribution in [2.75, 3.05) is 31.6 Å². The third-order valence-electron chi connectivity index (χ3n) is 4.31. The molecule has 1 N–H and O–H groups in total. The Morgan fingerprint density at radius 3 is 2.96 bits per heavy atom. The largest absolute Gasteiger partial charge is 0.374 e. The molecule has 2 aromatic heterocycles. The Morgan fingerprint density at radius 1 is 1.46 bits per heavy atom. The van der Waals surface area contributed by atoms with Gasteiger partial charge in [-0.1, -0.05) is 0 Å². The van der Waals surface area contributed by atoms with Gasteiger partial charge in [-0.3, -0.25) is 19.1 Å². The van der Waals surface area contributed by atoms with Crippen molar-refractivity contribution in [1.29, 1.82) is 0 Å². The van der Waals surface area contributed by atoms with Crippen LogP contribution in [-0.4, -0.2) is 62.7 Å². The van der Waals surface area contributed by atoms with Crippen LogP contribution in [0.3, 0.4) is 0 Å². The first-order valence-electron chi connectivity index (χ1n) is 8.14. The van der Waals surface area contributed by atoms with E-state index in [2.05, 4.69) is 20.4 Å². The second-order valence-electron chi connectivity index (χ2n) is 6.17. The van der Waals surface area contributed by atoms with Crippen molar-refractivity contribution >= 4 is 11.6 Å². The molecule has 8 heteroatoms. The second-order valence-corrected chi connectivity index (χ2v) is 6.17. The Balaban J connectivity index is 1.54. The Morgan fingerprint density at radius 2 is 2.29 bits per heavy atom. The number of nitrogens with one attached hydrogen (secondary N) is 1. The standard InChI is InChI=1S/C16H24N6O2/c1-12-16(13(2)20(3)19-12)18-15(23)11-21-7-8-24-14(9-21)10-22-6-4-5-17-22/h4-6,14H,7-11H2,1-3H3,(H,18,23)/t14-/m0/s1. The average molecular weight is 332 g/mol. The van der Waals surface area contributed by atoms with Crippen molar-refractivity contribution in [3.8, 4) is 0 Å². The molecule has 24 heavy (non-hydrogen) atoms. The SMILES string of the molecule is Cc1nn(C)c(C)c1NC(=O)CN1CCO[C@H](Cn2cccn2)C1. The van der Waals surface area contributed by atoms with Crippen molar-refractivity contribution in [3.63, 3.8) is 0 Å². The lowest BCUT2D eigenvalue weighted by Crippen LogP contribution is -2.47. The van der Waals surface area contributed by atoms with Crippen LogP contribution in [0.25, 0.3) is 0 Å². The van der Waals surface area contributed by atoms with Crippen LogP contribution in [0.2, 0.25) is 0 Å². The highest BCUT2D eigenvalue weighted by Gasteiger charge is 2.23. The molecule has 0 radical (unpaired) electrons. The molecule has 3 rings (SSSR count). The van der Waals surface area contributed by atoms with E-state index in [0.29, 0.717) is 19.7 Å². The number of aryl methyl sites for hydroxylation is 2. The highest BCUT2D eigenvalue weighted by molar-refractivity contribution is 5.93. The number of ether oxygens (including phenoxy) is 1. The van der Waals surface area contributed by atoms with E-state index in [-0.39, 0.29) is 12.0 Å². The topological polar surface area (TPSA) is 77.2 Å². The van der Waals surface area contributed by atoms with Crippen molar-refractivity contribution in [2.45, 2.75) is 26.5 Å². The minimum atomic E-state index is -0.0195. The zero-order chi connectivity index (χ0) is 17.1. The van der Waals surface area contributed by atoms with Gasteiger partial charge in [0.25, 0.3) is 0 Å². The number of carbonyl (C=O) groups excluding carboxylic acids is 1. The number of carbonyl (C=O) groups is 1. The number of rotatable bonds is 5. The molecule has 1 aliphatic heterocycles. The summed E-state index contributed by atoms with van der Waals surface area (Å²) in [7, 11) is 1.87. The third-order valence-corrected chi connectivity index (χ3v) is 4.31. The summed E-state index contributed by atoms with van der Waals surface area (Å²) in [6.07, 6.45) is 3.73. The van der Waals surface area contributed by atoms with Crippen molar-refractivity contribution in [2.24, 2.45) is 7.05 Å². The van der Waals surface area contributed by atoms with Gasteiger partial charge in [0.05, 0.1) is 42.9 Å². The monoisotopic (exact) mass is 332 g/mol. The summed E-state index contributed by atoms with van der Waals surface area (Å²) in [5.74, 6) is -0.0195. The fourth-order valence-electron chi connectivity index (χ4n) is 2.99. The molecule has 1 aliphatic rings. The second kappa shape index (κ2) is 7.14. The van der Waals surface area contributed by atoms with Crippen LogP contribution < -0.4 is 5.32 Å². The summed E-state index contributed by atoms with van der Waals surface area (Å²) in [4.78, 5) is 14.5. The maximum Gasteiger partial charge on any atom is 0.238 e. The normalized spacial score (nSPS) is 18.7. The van der Waals surface area contributed by atoms with Gasteiger partial charge in [-0.05, 0) is 19.9 Å². The quantitative estimate of drug-likeness (QED) is 0.866. The van der Waals surface area contributed by atoms with Gasteiger partial charge in [-0.15, -0.1) is 0 Å². The Labute approximate surface area is 141 Å². The summed E-state index contributed by atoms with van der Waals surface area (Å²) in [5, 5.41) is 11.5. The van der Waals surface area contributed by atoms with Crippen molar-refractivity contribution < 1.29 is 9.53 Å². The number of morpholine rings is 1. The van der Waals surface area contributed by atoms with E-state index in [1.807, 2.05) is 37.8 Å². The molecular formula is C16H24N6O2. The van der Waals surface area contributed by atoms with Crippen LogP contribution in [0.4, 0.5) is 5.69 Å². The van der Waals surface area contributed by atoms with E-state index >= 15 is 0 Å². The smallest absolute Gasteiger partial charge is 0.238 e. The van der Waals surface area contributed by atoms with Crippen LogP contribution >= 0.6 is 0 Å². The van der Waals surface area contributed by atoms with Crippen LogP contribution in [-0.2, 0) is 23.1 Å². The Bertz CT molecular complexity index is 694. The van der Waals surface area contributed by atoms with Gasteiger partial charge in [0.1, 0.15) is 0 Å². The van der Waals surface area contributed by atoms with Crippen LogP contribution in [0.15, 0.2) is 18.5 Å². The highest BCUT2D eigenvalue weighted by Crippen LogP contribution is 2.18. The molecule has 1 saturated heterocycles. The van der Waals surface area contributed by atoms with Gasteiger partial charge >= 0.3 is 0 Å². The zero-order valence-corrected chi connectivity index (χ0v) is 14.4. The summed E-state index contributed by atoms with van der Waals surface area (Å²) < 4.78 is 9.41. The number of anilines is 1. The fraction of sp³-hybridized carbons (Fsp3) is 0.562. The predicted molar refractivity (Wildman–Crippen MR) is 89.7 cm³/mol. The lowest BCUT2D eigenvalue weighted by Gasteiger charge is -2.32. The van der Waals surface area contributed by atoms with Gasteiger partial charge in [-0.2, -0.15) is 10.2 Å². The highest BCUT2D eigenvalue weighted by atomic mass is 16.5. The average Bonchev–Trinajstić information content (AvgIpc) is 3.12. The molecule has 2 aromatic rings. The van der Waals surface area contributed by atoms with Gasteiger partial charge in [0, 0.05) is 32.5 Å². The Kier molecular flexibility index (Phi) is 4.96. The third kappa shape index (κ3) is 3.82. The number of nitrogens with zero attached hydrogens (tertiary/aromatic N) is 5. The van der Waals surface area contributed by atoms with Gasteiger partial charge in [0.2, 0.25) is 5.91 Å². The van der Waals surface area contributed by atoms with Crippen LogP contribution in [0.5, 0.6) is 0 Å². The maximum absolute atomic E-state index is 12.4. The minimum Gasteiger partial charge on any atom is -0.374 e. The predicted octanol–water partition coefficient (Wildman–Crippen LogP) is 0.573. The van der Waals surface area contributed by atoms with Gasteiger partial charge in [-0.25, -0.2) is 0 Å². The summed E-state index contributed by atoms with van der Waals surface area (Å²) in [6, 6.07) is 1.90. The molecule has 0 spiro atoms. The lowest BCUT2D eigenvalue weighted by molar-refractivity contribution is -0.119. The van der Waals surface area contributed by atoms with E-state index in [9.17, 15) is 4.79 Å². The summed E-state index contributed by atoms with van der Waals surface area (Å²) >= 11 is 0. The van der Waals surface area contributed by atoms with Crippen molar-refractivity contribution in [3.05, 3.63) is 29.8 Å². The van der Waals surface area contributed by atoms with E-state index in [1.165, 1.54) is 0 Å². The van der Waals surface area contributed by atoms with E-state index in [4.69, 9.17) is 4.74 Å². The number of hydrogen-bond donors (Lipinski definition) is 1. The summed E-state index contributed by atoms with van der Waals surface area (Å²) in [5.41, 5.74) is 2.60. The minimum absolute atomic E-state index is 0.0195. The number of hydrogen-bond acceptors (Lipinski definition) is 5. The molecular weight excluding hydrogens is 308 g/mol. The first-order valence-corrected chi connectivity index (χ1v) is 8.14. The van der Waals surface area contributed by atoms with Gasteiger partial charge < -0.3 is 10.1 Å². The molecule has 0 aromatic carbocycles. The first-order chi connectivity index (χ1) is 11.5. The van der Waals surface area contributed by atoms with Crippen molar-refractivity contribution in [1.82, 2.24) is 24.5 Å². The van der Waals surface area contributed by atoms with E-state index in [0.717, 1.165) is 30.2 Å². The molecule has 0 unspecified atom stereocenters. The molecule has 1 atom stereocenters.